The Bertz CT molecular complexity index is 738. The Morgan fingerprint density at radius 3 is 2.59 bits per heavy atom. The lowest BCUT2D eigenvalue weighted by Gasteiger charge is -2.25. The predicted molar refractivity (Wildman–Crippen MR) is 87.2 cm³/mol. The molecule has 1 unspecified atom stereocenters. The van der Waals surface area contributed by atoms with Crippen molar-refractivity contribution >= 4 is 22.5 Å². The monoisotopic (exact) mass is 296 g/mol. The van der Waals surface area contributed by atoms with Gasteiger partial charge in [0, 0.05) is 24.1 Å². The molecule has 114 valence electrons. The van der Waals surface area contributed by atoms with E-state index in [9.17, 15) is 4.79 Å². The molecule has 0 saturated carbocycles. The minimum Gasteiger partial charge on any atom is -0.493 e. The van der Waals surface area contributed by atoms with Gasteiger partial charge in [-0.1, -0.05) is 50.2 Å². The van der Waals surface area contributed by atoms with Crippen molar-refractivity contribution in [2.45, 2.75) is 26.9 Å². The largest absolute Gasteiger partial charge is 0.493 e. The van der Waals surface area contributed by atoms with E-state index in [1.54, 1.807) is 0 Å². The van der Waals surface area contributed by atoms with Crippen LogP contribution in [0.15, 0.2) is 42.5 Å². The highest BCUT2D eigenvalue weighted by Crippen LogP contribution is 2.39. The molecule has 22 heavy (non-hydrogen) atoms. The van der Waals surface area contributed by atoms with Crippen LogP contribution in [-0.2, 0) is 14.3 Å². The topological polar surface area (TPSA) is 35.5 Å². The average Bonchev–Trinajstić information content (AvgIpc) is 2.48. The molecule has 0 radical (unpaired) electrons. The molecule has 3 rings (SSSR count). The summed E-state index contributed by atoms with van der Waals surface area (Å²) in [5, 5.41) is 2.24. The van der Waals surface area contributed by atoms with Gasteiger partial charge in [-0.15, -0.1) is 0 Å². The Morgan fingerprint density at radius 2 is 1.91 bits per heavy atom. The first-order valence-electron chi connectivity index (χ1n) is 7.60. The van der Waals surface area contributed by atoms with E-state index in [1.165, 1.54) is 6.92 Å². The van der Waals surface area contributed by atoms with Crippen LogP contribution in [0.2, 0.25) is 0 Å². The fourth-order valence-electron chi connectivity index (χ4n) is 2.79. The highest BCUT2D eigenvalue weighted by atomic mass is 16.5. The maximum atomic E-state index is 11.4. The molecule has 0 aliphatic heterocycles. The van der Waals surface area contributed by atoms with Crippen molar-refractivity contribution < 1.29 is 14.3 Å². The molecule has 3 nitrogen and oxygen atoms in total. The number of hydrogen-bond acceptors (Lipinski definition) is 3. The second-order valence-electron chi connectivity index (χ2n) is 6.02. The van der Waals surface area contributed by atoms with Crippen LogP contribution in [0, 0.1) is 5.92 Å². The van der Waals surface area contributed by atoms with Gasteiger partial charge in [-0.05, 0) is 16.7 Å². The number of carbonyl (C=O) groups excluding carboxylic acids is 1. The molecule has 1 atom stereocenters. The summed E-state index contributed by atoms with van der Waals surface area (Å²) in [7, 11) is 0. The molecule has 3 heteroatoms. The summed E-state index contributed by atoms with van der Waals surface area (Å²) in [5.74, 6) is 0.939. The molecule has 1 aliphatic rings. The lowest BCUT2D eigenvalue weighted by atomic mass is 9.90. The molecule has 0 N–H and O–H groups in total. The van der Waals surface area contributed by atoms with Crippen LogP contribution in [-0.4, -0.2) is 12.6 Å². The van der Waals surface area contributed by atoms with E-state index >= 15 is 0 Å². The summed E-state index contributed by atoms with van der Waals surface area (Å²) in [6.07, 6.45) is 1.51. The number of carbonyl (C=O) groups is 1. The Balaban J connectivity index is 2.11. The Labute approximate surface area is 130 Å². The minimum absolute atomic E-state index is 0.291. The van der Waals surface area contributed by atoms with Crippen LogP contribution >= 0.6 is 0 Å². The normalized spacial score (nSPS) is 16.5. The van der Waals surface area contributed by atoms with Crippen molar-refractivity contribution in [1.82, 2.24) is 0 Å². The first-order valence-corrected chi connectivity index (χ1v) is 7.60. The van der Waals surface area contributed by atoms with Crippen molar-refractivity contribution in [2.75, 3.05) is 6.61 Å². The summed E-state index contributed by atoms with van der Waals surface area (Å²) < 4.78 is 11.5. The molecule has 0 heterocycles. The summed E-state index contributed by atoms with van der Waals surface area (Å²) in [6, 6.07) is 12.2. The van der Waals surface area contributed by atoms with E-state index in [-0.39, 0.29) is 5.97 Å². The predicted octanol–water partition coefficient (Wildman–Crippen LogP) is 4.47. The van der Waals surface area contributed by atoms with Gasteiger partial charge in [-0.25, -0.2) is 0 Å². The van der Waals surface area contributed by atoms with Crippen LogP contribution in [0.5, 0.6) is 0 Å². The summed E-state index contributed by atoms with van der Waals surface area (Å²) >= 11 is 0. The number of rotatable bonds is 4. The number of ether oxygens (including phenoxy) is 2. The number of benzene rings is 2. The van der Waals surface area contributed by atoms with E-state index in [0.29, 0.717) is 12.5 Å². The highest BCUT2D eigenvalue weighted by Gasteiger charge is 2.25. The molecule has 0 spiro atoms. The van der Waals surface area contributed by atoms with Gasteiger partial charge in [0.05, 0.1) is 6.61 Å². The summed E-state index contributed by atoms with van der Waals surface area (Å²) in [5.41, 5.74) is 2.08. The van der Waals surface area contributed by atoms with Gasteiger partial charge in [-0.3, -0.25) is 4.79 Å². The number of hydrogen-bond donors (Lipinski definition) is 0. The molecular formula is C19H20O3. The van der Waals surface area contributed by atoms with Crippen LogP contribution < -0.4 is 0 Å². The average molecular weight is 296 g/mol. The molecule has 1 aliphatic carbocycles. The summed E-state index contributed by atoms with van der Waals surface area (Å²) in [6.45, 7) is 6.29. The van der Waals surface area contributed by atoms with Gasteiger partial charge < -0.3 is 9.47 Å². The van der Waals surface area contributed by atoms with Crippen LogP contribution in [0.4, 0.5) is 0 Å². The molecule has 2 aromatic rings. The van der Waals surface area contributed by atoms with Crippen molar-refractivity contribution in [2.24, 2.45) is 5.92 Å². The second kappa shape index (κ2) is 5.84. The fraction of sp³-hybridized carbons (Fsp3) is 0.316. The third-order valence-electron chi connectivity index (χ3n) is 3.68. The van der Waals surface area contributed by atoms with E-state index in [1.807, 2.05) is 24.3 Å². The van der Waals surface area contributed by atoms with Gasteiger partial charge in [0.25, 0.3) is 0 Å². The maximum Gasteiger partial charge on any atom is 0.303 e. The van der Waals surface area contributed by atoms with Gasteiger partial charge in [-0.2, -0.15) is 0 Å². The third kappa shape index (κ3) is 2.71. The van der Waals surface area contributed by atoms with Crippen molar-refractivity contribution in [3.05, 3.63) is 53.6 Å². The summed E-state index contributed by atoms with van der Waals surface area (Å²) in [4.78, 5) is 11.4. The highest BCUT2D eigenvalue weighted by molar-refractivity contribution is 5.97. The Kier molecular flexibility index (Phi) is 3.88. The van der Waals surface area contributed by atoms with Crippen molar-refractivity contribution in [3.63, 3.8) is 0 Å². The Morgan fingerprint density at radius 1 is 1.18 bits per heavy atom. The molecule has 0 aromatic heterocycles. The molecular weight excluding hydrogens is 276 g/mol. The quantitative estimate of drug-likeness (QED) is 0.781. The zero-order valence-corrected chi connectivity index (χ0v) is 13.1. The zero-order chi connectivity index (χ0) is 15.7. The lowest BCUT2D eigenvalue weighted by molar-refractivity contribution is -0.144. The van der Waals surface area contributed by atoms with Gasteiger partial charge >= 0.3 is 5.97 Å². The van der Waals surface area contributed by atoms with E-state index in [4.69, 9.17) is 9.47 Å². The zero-order valence-electron chi connectivity index (χ0n) is 13.1. The molecule has 2 aromatic carbocycles. The second-order valence-corrected chi connectivity index (χ2v) is 6.02. The van der Waals surface area contributed by atoms with Crippen LogP contribution in [0.25, 0.3) is 16.5 Å². The number of esters is 1. The van der Waals surface area contributed by atoms with Gasteiger partial charge in [0.15, 0.2) is 0 Å². The molecule has 0 fully saturated rings. The van der Waals surface area contributed by atoms with Crippen molar-refractivity contribution in [1.29, 1.82) is 0 Å². The van der Waals surface area contributed by atoms with Crippen LogP contribution in [0.1, 0.15) is 38.0 Å². The lowest BCUT2D eigenvalue weighted by Crippen LogP contribution is -2.13. The fourth-order valence-corrected chi connectivity index (χ4v) is 2.79. The SMILES string of the molecule is CC(=O)OC1C=C(OCC(C)C)c2cccc3cccc1c23. The first-order chi connectivity index (χ1) is 10.6. The molecule has 0 bridgehead atoms. The third-order valence-corrected chi connectivity index (χ3v) is 3.68. The molecule has 0 amide bonds. The first kappa shape index (κ1) is 14.6. The van der Waals surface area contributed by atoms with Crippen LogP contribution in [0.3, 0.4) is 0 Å². The van der Waals surface area contributed by atoms with E-state index in [0.717, 1.165) is 27.7 Å². The van der Waals surface area contributed by atoms with Gasteiger partial charge in [0.1, 0.15) is 11.9 Å². The van der Waals surface area contributed by atoms with E-state index < -0.39 is 6.10 Å². The smallest absolute Gasteiger partial charge is 0.303 e. The van der Waals surface area contributed by atoms with Crippen molar-refractivity contribution in [3.8, 4) is 0 Å². The van der Waals surface area contributed by atoms with E-state index in [2.05, 4.69) is 32.0 Å². The Hall–Kier alpha value is -2.29. The molecule has 0 saturated heterocycles. The maximum absolute atomic E-state index is 11.4. The minimum atomic E-state index is -0.390. The standard InChI is InChI=1S/C19H20O3/c1-12(2)11-21-17-10-18(22-13(3)20)16-9-5-7-14-6-4-8-15(17)19(14)16/h4-10,12,18H,11H2,1-3H3. The van der Waals surface area contributed by atoms with Gasteiger partial charge in [0.2, 0.25) is 0 Å².